The van der Waals surface area contributed by atoms with Crippen molar-refractivity contribution in [3.05, 3.63) is 30.3 Å². The SMILES string of the molecule is O=C1NCCCCC1Nc1ccccc1. The van der Waals surface area contributed by atoms with Gasteiger partial charge < -0.3 is 10.6 Å². The number of anilines is 1. The molecule has 1 aromatic carbocycles. The van der Waals surface area contributed by atoms with Crippen LogP contribution in [0.25, 0.3) is 0 Å². The van der Waals surface area contributed by atoms with Crippen LogP contribution in [0.3, 0.4) is 0 Å². The molecule has 2 N–H and O–H groups in total. The molecule has 1 atom stereocenters. The van der Waals surface area contributed by atoms with E-state index in [9.17, 15) is 4.79 Å². The van der Waals surface area contributed by atoms with Crippen LogP contribution in [0.1, 0.15) is 19.3 Å². The van der Waals surface area contributed by atoms with Crippen molar-refractivity contribution >= 4 is 11.6 Å². The summed E-state index contributed by atoms with van der Waals surface area (Å²) in [7, 11) is 0. The number of hydrogen-bond donors (Lipinski definition) is 2. The monoisotopic (exact) mass is 204 g/mol. The Hall–Kier alpha value is -1.51. The van der Waals surface area contributed by atoms with E-state index in [2.05, 4.69) is 10.6 Å². The molecule has 0 aliphatic carbocycles. The quantitative estimate of drug-likeness (QED) is 0.770. The Morgan fingerprint density at radius 3 is 2.80 bits per heavy atom. The van der Waals surface area contributed by atoms with Crippen molar-refractivity contribution in [3.8, 4) is 0 Å². The summed E-state index contributed by atoms with van der Waals surface area (Å²) in [6.45, 7) is 0.811. The van der Waals surface area contributed by atoms with Crippen LogP contribution in [-0.4, -0.2) is 18.5 Å². The van der Waals surface area contributed by atoms with E-state index < -0.39 is 0 Å². The van der Waals surface area contributed by atoms with Crippen LogP contribution in [0.4, 0.5) is 5.69 Å². The fourth-order valence-corrected chi connectivity index (χ4v) is 1.81. The number of hydrogen-bond acceptors (Lipinski definition) is 2. The molecular weight excluding hydrogens is 188 g/mol. The number of amides is 1. The Kier molecular flexibility index (Phi) is 3.22. The molecule has 15 heavy (non-hydrogen) atoms. The summed E-state index contributed by atoms with van der Waals surface area (Å²) >= 11 is 0. The van der Waals surface area contributed by atoms with Crippen molar-refractivity contribution in [2.45, 2.75) is 25.3 Å². The number of para-hydroxylation sites is 1. The first-order chi connectivity index (χ1) is 7.36. The van der Waals surface area contributed by atoms with Gasteiger partial charge in [0.25, 0.3) is 0 Å². The fourth-order valence-electron chi connectivity index (χ4n) is 1.81. The largest absolute Gasteiger partial charge is 0.374 e. The third-order valence-electron chi connectivity index (χ3n) is 2.65. The van der Waals surface area contributed by atoms with Crippen LogP contribution < -0.4 is 10.6 Å². The molecule has 1 aliphatic rings. The predicted molar refractivity (Wildman–Crippen MR) is 60.7 cm³/mol. The zero-order valence-electron chi connectivity index (χ0n) is 8.70. The molecular formula is C12H16N2O. The minimum Gasteiger partial charge on any atom is -0.374 e. The van der Waals surface area contributed by atoms with Crippen LogP contribution in [0.5, 0.6) is 0 Å². The van der Waals surface area contributed by atoms with E-state index in [4.69, 9.17) is 0 Å². The summed E-state index contributed by atoms with van der Waals surface area (Å²) in [5.74, 6) is 0.122. The van der Waals surface area contributed by atoms with E-state index in [-0.39, 0.29) is 11.9 Å². The summed E-state index contributed by atoms with van der Waals surface area (Å²) in [4.78, 5) is 11.6. The maximum absolute atomic E-state index is 11.6. The predicted octanol–water partition coefficient (Wildman–Crippen LogP) is 1.77. The third-order valence-corrected chi connectivity index (χ3v) is 2.65. The summed E-state index contributed by atoms with van der Waals surface area (Å²) in [6.07, 6.45) is 3.10. The fraction of sp³-hybridized carbons (Fsp3) is 0.417. The summed E-state index contributed by atoms with van der Waals surface area (Å²) < 4.78 is 0. The first kappa shape index (κ1) is 10.0. The van der Waals surface area contributed by atoms with Crippen molar-refractivity contribution in [2.75, 3.05) is 11.9 Å². The van der Waals surface area contributed by atoms with Crippen molar-refractivity contribution in [3.63, 3.8) is 0 Å². The number of nitrogens with one attached hydrogen (secondary N) is 2. The number of carbonyl (C=O) groups excluding carboxylic acids is 1. The van der Waals surface area contributed by atoms with Gasteiger partial charge in [0.1, 0.15) is 6.04 Å². The van der Waals surface area contributed by atoms with Crippen molar-refractivity contribution in [1.82, 2.24) is 5.32 Å². The Bertz CT molecular complexity index is 324. The van der Waals surface area contributed by atoms with E-state index in [0.717, 1.165) is 31.5 Å². The Morgan fingerprint density at radius 1 is 1.20 bits per heavy atom. The molecule has 0 aromatic heterocycles. The van der Waals surface area contributed by atoms with Crippen LogP contribution in [0.2, 0.25) is 0 Å². The van der Waals surface area contributed by atoms with Gasteiger partial charge in [-0.2, -0.15) is 0 Å². The van der Waals surface area contributed by atoms with E-state index in [1.807, 2.05) is 30.3 Å². The molecule has 3 heteroatoms. The van der Waals surface area contributed by atoms with Gasteiger partial charge in [-0.15, -0.1) is 0 Å². The third kappa shape index (κ3) is 2.72. The Balaban J connectivity index is 2.01. The molecule has 1 saturated heterocycles. The standard InChI is InChI=1S/C12H16N2O/c15-12-11(8-4-5-9-13-12)14-10-6-2-1-3-7-10/h1-3,6-7,11,14H,4-5,8-9H2,(H,13,15). The minimum atomic E-state index is -0.0742. The molecule has 1 heterocycles. The minimum absolute atomic E-state index is 0.0742. The lowest BCUT2D eigenvalue weighted by Gasteiger charge is -2.16. The van der Waals surface area contributed by atoms with Crippen LogP contribution >= 0.6 is 0 Å². The Labute approximate surface area is 89.9 Å². The molecule has 0 bridgehead atoms. The average Bonchev–Trinajstić information content (AvgIpc) is 2.46. The molecule has 3 nitrogen and oxygen atoms in total. The zero-order chi connectivity index (χ0) is 10.5. The summed E-state index contributed by atoms with van der Waals surface area (Å²) in [6, 6.07) is 9.80. The summed E-state index contributed by atoms with van der Waals surface area (Å²) in [5, 5.41) is 6.17. The van der Waals surface area contributed by atoms with Crippen LogP contribution in [-0.2, 0) is 4.79 Å². The van der Waals surface area contributed by atoms with Crippen molar-refractivity contribution in [1.29, 1.82) is 0 Å². The lowest BCUT2D eigenvalue weighted by molar-refractivity contribution is -0.121. The second-order valence-electron chi connectivity index (χ2n) is 3.85. The van der Waals surface area contributed by atoms with E-state index in [1.54, 1.807) is 0 Å². The second-order valence-corrected chi connectivity index (χ2v) is 3.85. The molecule has 1 amide bonds. The maximum atomic E-state index is 11.6. The van der Waals surface area contributed by atoms with Gasteiger partial charge in [-0.05, 0) is 31.4 Å². The van der Waals surface area contributed by atoms with E-state index >= 15 is 0 Å². The van der Waals surface area contributed by atoms with Crippen molar-refractivity contribution in [2.24, 2.45) is 0 Å². The molecule has 0 radical (unpaired) electrons. The molecule has 1 fully saturated rings. The van der Waals surface area contributed by atoms with Gasteiger partial charge in [-0.25, -0.2) is 0 Å². The normalized spacial score (nSPS) is 21.6. The van der Waals surface area contributed by atoms with Gasteiger partial charge in [0.2, 0.25) is 5.91 Å². The lowest BCUT2D eigenvalue weighted by atomic mass is 10.1. The topological polar surface area (TPSA) is 41.1 Å². The highest BCUT2D eigenvalue weighted by Crippen LogP contribution is 2.12. The molecule has 1 aliphatic heterocycles. The highest BCUT2D eigenvalue weighted by molar-refractivity contribution is 5.84. The smallest absolute Gasteiger partial charge is 0.242 e. The van der Waals surface area contributed by atoms with Gasteiger partial charge in [0.15, 0.2) is 0 Å². The molecule has 0 saturated carbocycles. The van der Waals surface area contributed by atoms with E-state index in [0.29, 0.717) is 0 Å². The molecule has 2 rings (SSSR count). The van der Waals surface area contributed by atoms with Gasteiger partial charge in [-0.1, -0.05) is 18.2 Å². The number of rotatable bonds is 2. The van der Waals surface area contributed by atoms with Gasteiger partial charge in [0.05, 0.1) is 0 Å². The highest BCUT2D eigenvalue weighted by atomic mass is 16.2. The summed E-state index contributed by atoms with van der Waals surface area (Å²) in [5.41, 5.74) is 1.01. The second kappa shape index (κ2) is 4.82. The van der Waals surface area contributed by atoms with Crippen LogP contribution in [0, 0.1) is 0 Å². The van der Waals surface area contributed by atoms with Gasteiger partial charge in [0, 0.05) is 12.2 Å². The Morgan fingerprint density at radius 2 is 2.00 bits per heavy atom. The van der Waals surface area contributed by atoms with Gasteiger partial charge in [-0.3, -0.25) is 4.79 Å². The first-order valence-electron chi connectivity index (χ1n) is 5.45. The van der Waals surface area contributed by atoms with Gasteiger partial charge >= 0.3 is 0 Å². The van der Waals surface area contributed by atoms with Crippen molar-refractivity contribution < 1.29 is 4.79 Å². The molecule has 1 aromatic rings. The molecule has 1 unspecified atom stereocenters. The number of benzene rings is 1. The van der Waals surface area contributed by atoms with Crippen LogP contribution in [0.15, 0.2) is 30.3 Å². The zero-order valence-corrected chi connectivity index (χ0v) is 8.70. The lowest BCUT2D eigenvalue weighted by Crippen LogP contribution is -2.37. The molecule has 0 spiro atoms. The number of carbonyl (C=O) groups is 1. The molecule has 80 valence electrons. The van der Waals surface area contributed by atoms with E-state index in [1.165, 1.54) is 0 Å². The average molecular weight is 204 g/mol. The maximum Gasteiger partial charge on any atom is 0.242 e. The highest BCUT2D eigenvalue weighted by Gasteiger charge is 2.19. The first-order valence-corrected chi connectivity index (χ1v) is 5.45.